The highest BCUT2D eigenvalue weighted by Crippen LogP contribution is 2.33. The number of hydrogen-bond donors (Lipinski definition) is 1. The summed E-state index contributed by atoms with van der Waals surface area (Å²) in [6, 6.07) is 15.9. The summed E-state index contributed by atoms with van der Waals surface area (Å²) in [6.45, 7) is 2.34. The van der Waals surface area contributed by atoms with E-state index in [9.17, 15) is 9.59 Å². The summed E-state index contributed by atoms with van der Waals surface area (Å²) in [4.78, 5) is 29.7. The molecule has 1 N–H and O–H groups in total. The van der Waals surface area contributed by atoms with Crippen LogP contribution in [0.5, 0.6) is 5.75 Å². The van der Waals surface area contributed by atoms with Crippen molar-refractivity contribution in [2.45, 2.75) is 51.1 Å². The Labute approximate surface area is 203 Å². The Morgan fingerprint density at radius 2 is 1.91 bits per heavy atom. The summed E-state index contributed by atoms with van der Waals surface area (Å²) >= 11 is 1.47. The highest BCUT2D eigenvalue weighted by Gasteiger charge is 2.36. The van der Waals surface area contributed by atoms with Crippen LogP contribution in [0.2, 0.25) is 0 Å². The van der Waals surface area contributed by atoms with Gasteiger partial charge in [0.05, 0.1) is 13.0 Å². The van der Waals surface area contributed by atoms with E-state index in [1.807, 2.05) is 24.4 Å². The lowest BCUT2D eigenvalue weighted by molar-refractivity contribution is -0.127. The summed E-state index contributed by atoms with van der Waals surface area (Å²) in [5.74, 6) is -0.606. The predicted octanol–water partition coefficient (Wildman–Crippen LogP) is 5.66. The second-order valence-electron chi connectivity index (χ2n) is 8.36. The van der Waals surface area contributed by atoms with E-state index in [0.717, 1.165) is 30.6 Å². The van der Waals surface area contributed by atoms with Crippen molar-refractivity contribution in [3.05, 3.63) is 82.3 Å². The maximum absolute atomic E-state index is 15.1. The third kappa shape index (κ3) is 5.65. The Balaban J connectivity index is 1.79. The number of thiophene rings is 1. The fourth-order valence-corrected chi connectivity index (χ4v) is 5.11. The topological polar surface area (TPSA) is 58.6 Å². The molecule has 0 bridgehead atoms. The van der Waals surface area contributed by atoms with Crippen LogP contribution >= 0.6 is 11.3 Å². The summed E-state index contributed by atoms with van der Waals surface area (Å²) in [6.07, 6.45) is 3.98. The van der Waals surface area contributed by atoms with Crippen LogP contribution in [0.3, 0.4) is 0 Å². The molecule has 2 amide bonds. The molecule has 1 unspecified atom stereocenters. The van der Waals surface area contributed by atoms with Crippen molar-refractivity contribution >= 4 is 28.8 Å². The molecule has 178 valence electrons. The number of benzene rings is 2. The molecule has 3 aromatic rings. The van der Waals surface area contributed by atoms with E-state index in [1.165, 1.54) is 22.3 Å². The molecule has 7 heteroatoms. The summed E-state index contributed by atoms with van der Waals surface area (Å²) < 4.78 is 20.7. The maximum Gasteiger partial charge on any atom is 0.248 e. The first-order chi connectivity index (χ1) is 16.6. The molecule has 1 aromatic heterocycles. The van der Waals surface area contributed by atoms with Crippen LogP contribution in [-0.4, -0.2) is 24.5 Å². The minimum absolute atomic E-state index is 0.0331. The van der Waals surface area contributed by atoms with Crippen LogP contribution in [0.4, 0.5) is 10.1 Å². The van der Waals surface area contributed by atoms with E-state index >= 15 is 4.39 Å². The van der Waals surface area contributed by atoms with Gasteiger partial charge in [-0.05, 0) is 49.4 Å². The van der Waals surface area contributed by atoms with Crippen LogP contribution in [0.1, 0.15) is 49.1 Å². The Hall–Kier alpha value is -3.19. The van der Waals surface area contributed by atoms with Crippen molar-refractivity contribution in [3.8, 4) is 5.75 Å². The average molecular weight is 481 g/mol. The van der Waals surface area contributed by atoms with Gasteiger partial charge in [-0.2, -0.15) is 0 Å². The van der Waals surface area contributed by atoms with Crippen LogP contribution in [0.25, 0.3) is 0 Å². The fraction of sp³-hybridized carbons (Fsp3) is 0.333. The zero-order valence-electron chi connectivity index (χ0n) is 19.2. The minimum atomic E-state index is -1.15. The number of nitrogens with zero attached hydrogens (tertiary/aromatic N) is 1. The first-order valence-corrected chi connectivity index (χ1v) is 12.6. The molecule has 0 aliphatic heterocycles. The molecule has 1 atom stereocenters. The predicted molar refractivity (Wildman–Crippen MR) is 133 cm³/mol. The van der Waals surface area contributed by atoms with Gasteiger partial charge < -0.3 is 10.1 Å². The number of halogens is 1. The van der Waals surface area contributed by atoms with Gasteiger partial charge in [-0.1, -0.05) is 43.2 Å². The smallest absolute Gasteiger partial charge is 0.248 e. The molecule has 0 saturated heterocycles. The van der Waals surface area contributed by atoms with Crippen molar-refractivity contribution < 1.29 is 18.7 Å². The van der Waals surface area contributed by atoms with Crippen molar-refractivity contribution in [1.29, 1.82) is 0 Å². The summed E-state index contributed by atoms with van der Waals surface area (Å²) in [5, 5.41) is 4.99. The first-order valence-electron chi connectivity index (χ1n) is 11.7. The first kappa shape index (κ1) is 24.0. The lowest BCUT2D eigenvalue weighted by Gasteiger charge is -2.32. The largest absolute Gasteiger partial charge is 0.494 e. The van der Waals surface area contributed by atoms with E-state index in [4.69, 9.17) is 4.74 Å². The second-order valence-corrected chi connectivity index (χ2v) is 9.40. The number of hydrogen-bond acceptors (Lipinski definition) is 4. The molecule has 34 heavy (non-hydrogen) atoms. The number of anilines is 1. The van der Waals surface area contributed by atoms with Crippen molar-refractivity contribution in [3.63, 3.8) is 0 Å². The molecule has 1 aliphatic rings. The van der Waals surface area contributed by atoms with Gasteiger partial charge in [0.2, 0.25) is 11.8 Å². The number of ether oxygens (including phenoxy) is 1. The van der Waals surface area contributed by atoms with Crippen LogP contribution in [-0.2, 0) is 16.0 Å². The van der Waals surface area contributed by atoms with Gasteiger partial charge in [0.25, 0.3) is 0 Å². The normalized spacial score (nSPS) is 14.5. The molecule has 0 spiro atoms. The standard InChI is InChI=1S/C27H29FN2O3S/c1-2-33-21-12-7-11-20(17-21)30(25(31)18-22-13-8-16-34-22)26(23-14-5-6-15-24(23)28)27(32)29-19-9-3-4-10-19/h5-8,11-17,19,26H,2-4,9-10,18H2,1H3,(H,29,32). The summed E-state index contributed by atoms with van der Waals surface area (Å²) in [5.41, 5.74) is 0.654. The Morgan fingerprint density at radius 3 is 2.62 bits per heavy atom. The third-order valence-corrected chi connectivity index (χ3v) is 6.87. The van der Waals surface area contributed by atoms with Crippen molar-refractivity contribution in [2.24, 2.45) is 0 Å². The number of rotatable bonds is 9. The molecule has 1 saturated carbocycles. The van der Waals surface area contributed by atoms with Gasteiger partial charge in [0, 0.05) is 28.2 Å². The molecular weight excluding hydrogens is 451 g/mol. The quantitative estimate of drug-likeness (QED) is 0.430. The van der Waals surface area contributed by atoms with Gasteiger partial charge in [0.1, 0.15) is 17.6 Å². The maximum atomic E-state index is 15.1. The van der Waals surface area contributed by atoms with Crippen molar-refractivity contribution in [2.75, 3.05) is 11.5 Å². The molecular formula is C27H29FN2O3S. The highest BCUT2D eigenvalue weighted by molar-refractivity contribution is 7.10. The molecule has 2 aromatic carbocycles. The zero-order valence-corrected chi connectivity index (χ0v) is 20.0. The SMILES string of the molecule is CCOc1cccc(N(C(=O)Cc2cccs2)C(C(=O)NC2CCCC2)c2ccccc2F)c1. The fourth-order valence-electron chi connectivity index (χ4n) is 4.42. The lowest BCUT2D eigenvalue weighted by atomic mass is 10.0. The Morgan fingerprint density at radius 1 is 1.12 bits per heavy atom. The van der Waals surface area contributed by atoms with Gasteiger partial charge >= 0.3 is 0 Å². The molecule has 1 heterocycles. The van der Waals surface area contributed by atoms with Crippen LogP contribution in [0, 0.1) is 5.82 Å². The number of carbonyl (C=O) groups excluding carboxylic acids is 2. The van der Waals surface area contributed by atoms with E-state index in [1.54, 1.807) is 42.5 Å². The number of amides is 2. The Kier molecular flexibility index (Phi) is 7.95. The van der Waals surface area contributed by atoms with E-state index in [2.05, 4.69) is 5.32 Å². The third-order valence-electron chi connectivity index (χ3n) is 5.99. The van der Waals surface area contributed by atoms with Gasteiger partial charge in [-0.15, -0.1) is 11.3 Å². The molecule has 1 fully saturated rings. The Bertz CT molecular complexity index is 1110. The summed E-state index contributed by atoms with van der Waals surface area (Å²) in [7, 11) is 0. The molecule has 1 aliphatic carbocycles. The van der Waals surface area contributed by atoms with E-state index in [-0.39, 0.29) is 29.8 Å². The van der Waals surface area contributed by atoms with Crippen LogP contribution in [0.15, 0.2) is 66.0 Å². The average Bonchev–Trinajstić information content (AvgIpc) is 3.53. The van der Waals surface area contributed by atoms with E-state index in [0.29, 0.717) is 18.0 Å². The number of carbonyl (C=O) groups is 2. The zero-order chi connectivity index (χ0) is 23.9. The van der Waals surface area contributed by atoms with Gasteiger partial charge in [-0.3, -0.25) is 14.5 Å². The van der Waals surface area contributed by atoms with Gasteiger partial charge in [0.15, 0.2) is 0 Å². The van der Waals surface area contributed by atoms with Crippen molar-refractivity contribution in [1.82, 2.24) is 5.32 Å². The molecule has 0 radical (unpaired) electrons. The van der Waals surface area contributed by atoms with Gasteiger partial charge in [-0.25, -0.2) is 4.39 Å². The minimum Gasteiger partial charge on any atom is -0.494 e. The molecule has 4 rings (SSSR count). The highest BCUT2D eigenvalue weighted by atomic mass is 32.1. The van der Waals surface area contributed by atoms with E-state index < -0.39 is 11.9 Å². The molecule has 5 nitrogen and oxygen atoms in total. The number of nitrogens with one attached hydrogen (secondary N) is 1. The lowest BCUT2D eigenvalue weighted by Crippen LogP contribution is -2.47. The monoisotopic (exact) mass is 480 g/mol. The van der Waals surface area contributed by atoms with Crippen LogP contribution < -0.4 is 15.0 Å². The second kappa shape index (κ2) is 11.3.